The second kappa shape index (κ2) is 5.96. The third kappa shape index (κ3) is 2.68. The molecular weight excluding hydrogens is 322 g/mol. The highest BCUT2D eigenvalue weighted by molar-refractivity contribution is 7.13. The van der Waals surface area contributed by atoms with Crippen molar-refractivity contribution in [3.05, 3.63) is 33.7 Å². The first-order chi connectivity index (χ1) is 11.1. The first kappa shape index (κ1) is 14.8. The number of thiazole rings is 1. The van der Waals surface area contributed by atoms with Gasteiger partial charge in [-0.1, -0.05) is 0 Å². The van der Waals surface area contributed by atoms with Crippen molar-refractivity contribution in [1.29, 1.82) is 0 Å². The van der Waals surface area contributed by atoms with Crippen LogP contribution in [0.1, 0.15) is 17.3 Å². The number of nitrogens with two attached hydrogens (primary N) is 1. The third-order valence-electron chi connectivity index (χ3n) is 2.81. The fourth-order valence-electron chi connectivity index (χ4n) is 1.83. The zero-order chi connectivity index (χ0) is 16.4. The molecule has 0 aliphatic rings. The van der Waals surface area contributed by atoms with Crippen molar-refractivity contribution in [2.24, 2.45) is 10.2 Å². The number of nitrogens with one attached hydrogen (secondary N) is 1. The summed E-state index contributed by atoms with van der Waals surface area (Å²) in [6.07, 6.45) is 2.72. The lowest BCUT2D eigenvalue weighted by Gasteiger charge is -2.00. The molecule has 3 aromatic rings. The van der Waals surface area contributed by atoms with Crippen LogP contribution in [0.3, 0.4) is 0 Å². The van der Waals surface area contributed by atoms with Gasteiger partial charge in [-0.25, -0.2) is 14.8 Å². The van der Waals surface area contributed by atoms with Crippen molar-refractivity contribution < 1.29 is 9.53 Å². The summed E-state index contributed by atoms with van der Waals surface area (Å²) in [5.74, 6) is -0.658. The van der Waals surface area contributed by atoms with E-state index in [1.165, 1.54) is 11.3 Å². The number of anilines is 1. The van der Waals surface area contributed by atoms with E-state index in [1.54, 1.807) is 18.5 Å². The van der Waals surface area contributed by atoms with Crippen LogP contribution in [0.25, 0.3) is 5.65 Å². The maximum atomic E-state index is 12.3. The molecule has 3 N–H and O–H groups in total. The van der Waals surface area contributed by atoms with Crippen molar-refractivity contribution in [3.8, 4) is 0 Å². The summed E-state index contributed by atoms with van der Waals surface area (Å²) in [5, 5.41) is 12.7. The minimum absolute atomic E-state index is 0.0934. The van der Waals surface area contributed by atoms with Gasteiger partial charge in [-0.15, -0.1) is 21.6 Å². The molecule has 0 aromatic carbocycles. The number of azo groups is 1. The number of aromatic nitrogens is 4. The molecule has 0 radical (unpaired) electrons. The molecule has 3 aromatic heterocycles. The number of aromatic amines is 1. The predicted molar refractivity (Wildman–Crippen MR) is 82.5 cm³/mol. The molecule has 0 unspecified atom stereocenters. The Labute approximate surface area is 132 Å². The van der Waals surface area contributed by atoms with Gasteiger partial charge in [-0.2, -0.15) is 4.52 Å². The molecule has 0 spiro atoms. The van der Waals surface area contributed by atoms with E-state index in [0.717, 1.165) is 10.7 Å². The SMILES string of the molecule is CCOC(=O)c1cnc2c(N=Nc3nccs3)c(N)[nH]n2c1=O. The van der Waals surface area contributed by atoms with Gasteiger partial charge >= 0.3 is 5.97 Å². The molecule has 118 valence electrons. The number of carbonyl (C=O) groups is 1. The molecule has 0 saturated heterocycles. The van der Waals surface area contributed by atoms with Crippen molar-refractivity contribution in [2.75, 3.05) is 12.3 Å². The normalized spacial score (nSPS) is 11.3. The number of fused-ring (bicyclic) bond motifs is 1. The van der Waals surface area contributed by atoms with Crippen LogP contribution in [0.4, 0.5) is 16.6 Å². The summed E-state index contributed by atoms with van der Waals surface area (Å²) in [4.78, 5) is 32.0. The Balaban J connectivity index is 2.08. The van der Waals surface area contributed by atoms with Crippen LogP contribution >= 0.6 is 11.3 Å². The lowest BCUT2D eigenvalue weighted by molar-refractivity contribution is 0.0523. The van der Waals surface area contributed by atoms with Gasteiger partial charge in [-0.05, 0) is 6.92 Å². The molecule has 11 heteroatoms. The number of carbonyl (C=O) groups excluding carboxylic acids is 1. The number of nitrogens with zero attached hydrogens (tertiary/aromatic N) is 5. The summed E-state index contributed by atoms with van der Waals surface area (Å²) in [5.41, 5.74) is 5.32. The second-order valence-corrected chi connectivity index (χ2v) is 5.12. The number of rotatable bonds is 4. The van der Waals surface area contributed by atoms with Crippen LogP contribution in [0.5, 0.6) is 0 Å². The molecule has 0 fully saturated rings. The summed E-state index contributed by atoms with van der Waals surface area (Å²) in [6, 6.07) is 0. The Morgan fingerprint density at radius 3 is 3.00 bits per heavy atom. The van der Waals surface area contributed by atoms with E-state index in [-0.39, 0.29) is 29.3 Å². The van der Waals surface area contributed by atoms with E-state index in [2.05, 4.69) is 25.3 Å². The van der Waals surface area contributed by atoms with Crippen LogP contribution in [0.15, 0.2) is 32.8 Å². The quantitative estimate of drug-likeness (QED) is 0.549. The fourth-order valence-corrected chi connectivity index (χ4v) is 2.28. The summed E-state index contributed by atoms with van der Waals surface area (Å²) in [6.45, 7) is 1.80. The first-order valence-electron chi connectivity index (χ1n) is 6.49. The monoisotopic (exact) mass is 333 g/mol. The molecule has 3 heterocycles. The summed E-state index contributed by atoms with van der Waals surface area (Å²) < 4.78 is 5.83. The van der Waals surface area contributed by atoms with Gasteiger partial charge in [0, 0.05) is 17.8 Å². The molecule has 0 amide bonds. The fraction of sp³-hybridized carbons (Fsp3) is 0.167. The topological polar surface area (TPSA) is 140 Å². The lowest BCUT2D eigenvalue weighted by atomic mass is 10.3. The number of hydrogen-bond acceptors (Lipinski definition) is 9. The van der Waals surface area contributed by atoms with E-state index in [1.807, 2.05) is 0 Å². The molecule has 0 atom stereocenters. The highest BCUT2D eigenvalue weighted by Crippen LogP contribution is 2.27. The molecule has 0 bridgehead atoms. The van der Waals surface area contributed by atoms with Crippen molar-refractivity contribution in [3.63, 3.8) is 0 Å². The van der Waals surface area contributed by atoms with Gasteiger partial charge in [0.25, 0.3) is 5.56 Å². The van der Waals surface area contributed by atoms with Gasteiger partial charge in [0.15, 0.2) is 11.3 Å². The van der Waals surface area contributed by atoms with E-state index in [0.29, 0.717) is 5.13 Å². The van der Waals surface area contributed by atoms with E-state index in [4.69, 9.17) is 10.5 Å². The molecule has 23 heavy (non-hydrogen) atoms. The average molecular weight is 333 g/mol. The standard InChI is InChI=1S/C12H11N7O3S/c1-2-22-11(21)6-5-15-9-7(8(13)18-19(9)10(6)20)16-17-12-14-3-4-23-12/h3-5,18H,2,13H2,1H3. The number of hydrogen-bond donors (Lipinski definition) is 2. The Morgan fingerprint density at radius 2 is 2.30 bits per heavy atom. The van der Waals surface area contributed by atoms with Crippen LogP contribution in [0.2, 0.25) is 0 Å². The van der Waals surface area contributed by atoms with Crippen LogP contribution in [0, 0.1) is 0 Å². The average Bonchev–Trinajstić information content (AvgIpc) is 3.14. The van der Waals surface area contributed by atoms with Crippen molar-refractivity contribution >= 4 is 39.6 Å². The largest absolute Gasteiger partial charge is 0.462 e. The minimum atomic E-state index is -0.751. The van der Waals surface area contributed by atoms with E-state index < -0.39 is 11.5 Å². The number of esters is 1. The maximum Gasteiger partial charge on any atom is 0.345 e. The Kier molecular flexibility index (Phi) is 3.85. The smallest absolute Gasteiger partial charge is 0.345 e. The van der Waals surface area contributed by atoms with Gasteiger partial charge in [0.05, 0.1) is 6.61 Å². The number of H-pyrrole nitrogens is 1. The summed E-state index contributed by atoms with van der Waals surface area (Å²) >= 11 is 1.30. The van der Waals surface area contributed by atoms with Gasteiger partial charge in [0.1, 0.15) is 11.4 Å². The molecule has 0 aliphatic carbocycles. The highest BCUT2D eigenvalue weighted by Gasteiger charge is 2.18. The molecule has 10 nitrogen and oxygen atoms in total. The van der Waals surface area contributed by atoms with Gasteiger partial charge in [0.2, 0.25) is 5.13 Å². The summed E-state index contributed by atoms with van der Waals surface area (Å²) in [7, 11) is 0. The third-order valence-corrected chi connectivity index (χ3v) is 3.47. The van der Waals surface area contributed by atoms with Crippen molar-refractivity contribution in [2.45, 2.75) is 6.92 Å². The first-order valence-corrected chi connectivity index (χ1v) is 7.37. The number of ether oxygens (including phenoxy) is 1. The maximum absolute atomic E-state index is 12.3. The Bertz CT molecular complexity index is 942. The second-order valence-electron chi connectivity index (χ2n) is 4.25. The zero-order valence-corrected chi connectivity index (χ0v) is 12.7. The molecule has 0 aliphatic heterocycles. The molecule has 3 rings (SSSR count). The van der Waals surface area contributed by atoms with E-state index in [9.17, 15) is 9.59 Å². The van der Waals surface area contributed by atoms with Gasteiger partial charge < -0.3 is 10.5 Å². The predicted octanol–water partition coefficient (Wildman–Crippen LogP) is 1.65. The molecular formula is C12H11N7O3S. The minimum Gasteiger partial charge on any atom is -0.462 e. The lowest BCUT2D eigenvalue weighted by Crippen LogP contribution is -2.24. The van der Waals surface area contributed by atoms with Crippen LogP contribution in [-0.2, 0) is 4.74 Å². The van der Waals surface area contributed by atoms with Crippen LogP contribution in [-0.4, -0.2) is 32.2 Å². The Hall–Kier alpha value is -3.08. The van der Waals surface area contributed by atoms with Crippen molar-refractivity contribution in [1.82, 2.24) is 19.6 Å². The van der Waals surface area contributed by atoms with E-state index >= 15 is 0 Å². The number of nitrogen functional groups attached to an aromatic ring is 1. The Morgan fingerprint density at radius 1 is 1.48 bits per heavy atom. The van der Waals surface area contributed by atoms with Crippen LogP contribution < -0.4 is 11.3 Å². The zero-order valence-electron chi connectivity index (χ0n) is 11.9. The molecule has 0 saturated carbocycles. The van der Waals surface area contributed by atoms with Gasteiger partial charge in [-0.3, -0.25) is 9.89 Å². The highest BCUT2D eigenvalue weighted by atomic mass is 32.1.